The molecule has 1 fully saturated rings. The highest BCUT2D eigenvalue weighted by molar-refractivity contribution is 7.99. The van der Waals surface area contributed by atoms with E-state index < -0.39 is 0 Å². The number of ether oxygens (including phenoxy) is 1. The van der Waals surface area contributed by atoms with E-state index in [-0.39, 0.29) is 5.91 Å². The van der Waals surface area contributed by atoms with Gasteiger partial charge in [0, 0.05) is 18.2 Å². The number of benzene rings is 1. The van der Waals surface area contributed by atoms with Gasteiger partial charge in [-0.25, -0.2) is 0 Å². The molecule has 3 rings (SSSR count). The van der Waals surface area contributed by atoms with Crippen molar-refractivity contribution in [1.29, 1.82) is 0 Å². The Hall–Kier alpha value is -2.02. The lowest BCUT2D eigenvalue weighted by atomic mass is 9.89. The van der Waals surface area contributed by atoms with E-state index in [1.807, 2.05) is 26.0 Å². The molecule has 1 aliphatic carbocycles. The van der Waals surface area contributed by atoms with Crippen molar-refractivity contribution < 1.29 is 9.53 Å². The average Bonchev–Trinajstić information content (AvgIpc) is 3.12. The summed E-state index contributed by atoms with van der Waals surface area (Å²) >= 11 is 1.45. The minimum absolute atomic E-state index is 0.0393. The van der Waals surface area contributed by atoms with Gasteiger partial charge in [-0.05, 0) is 56.9 Å². The number of carbonyl (C=O) groups excluding carboxylic acids is 1. The SMILES string of the molecule is CCn1c(SCC(=O)Nc2cc(C)c(OC)cc2C)nnc1C1CCCCC1. The summed E-state index contributed by atoms with van der Waals surface area (Å²) in [5.74, 6) is 2.70. The van der Waals surface area contributed by atoms with Crippen LogP contribution in [-0.4, -0.2) is 33.5 Å². The molecule has 1 N–H and O–H groups in total. The first-order chi connectivity index (χ1) is 13.5. The highest BCUT2D eigenvalue weighted by atomic mass is 32.2. The van der Waals surface area contributed by atoms with Gasteiger partial charge < -0.3 is 14.6 Å². The van der Waals surface area contributed by atoms with E-state index in [4.69, 9.17) is 4.74 Å². The van der Waals surface area contributed by atoms with Gasteiger partial charge in [0.15, 0.2) is 5.16 Å². The topological polar surface area (TPSA) is 69.0 Å². The third kappa shape index (κ3) is 4.69. The number of aryl methyl sites for hydroxylation is 2. The van der Waals surface area contributed by atoms with Crippen LogP contribution in [0.4, 0.5) is 5.69 Å². The predicted octanol–water partition coefficient (Wildman–Crippen LogP) is 4.70. The zero-order valence-electron chi connectivity index (χ0n) is 17.2. The summed E-state index contributed by atoms with van der Waals surface area (Å²) in [7, 11) is 1.65. The standard InChI is InChI=1S/C21H30N4O2S/c1-5-25-20(16-9-7-6-8-10-16)23-24-21(25)28-13-19(26)22-17-11-15(3)18(27-4)12-14(17)2/h11-12,16H,5-10,13H2,1-4H3,(H,22,26). The first kappa shape index (κ1) is 20.7. The molecule has 7 heteroatoms. The number of rotatable bonds is 7. The zero-order valence-corrected chi connectivity index (χ0v) is 18.1. The average molecular weight is 403 g/mol. The van der Waals surface area contributed by atoms with Gasteiger partial charge >= 0.3 is 0 Å². The van der Waals surface area contributed by atoms with Crippen LogP contribution in [0, 0.1) is 13.8 Å². The van der Waals surface area contributed by atoms with Crippen LogP contribution in [-0.2, 0) is 11.3 Å². The molecule has 1 saturated carbocycles. The molecule has 1 aromatic carbocycles. The minimum Gasteiger partial charge on any atom is -0.496 e. The molecule has 152 valence electrons. The molecule has 1 heterocycles. The second-order valence-corrected chi connectivity index (χ2v) is 8.34. The van der Waals surface area contributed by atoms with Crippen LogP contribution in [0.5, 0.6) is 5.75 Å². The van der Waals surface area contributed by atoms with Crippen LogP contribution in [0.25, 0.3) is 0 Å². The number of amides is 1. The molecule has 0 aliphatic heterocycles. The maximum absolute atomic E-state index is 12.5. The van der Waals surface area contributed by atoms with E-state index in [9.17, 15) is 4.79 Å². The van der Waals surface area contributed by atoms with E-state index in [1.165, 1.54) is 43.9 Å². The molecule has 1 aromatic heterocycles. The third-order valence-electron chi connectivity index (χ3n) is 5.38. The molecule has 0 atom stereocenters. The predicted molar refractivity (Wildman–Crippen MR) is 113 cm³/mol. The lowest BCUT2D eigenvalue weighted by Crippen LogP contribution is -2.16. The molecular formula is C21H30N4O2S. The quantitative estimate of drug-likeness (QED) is 0.680. The van der Waals surface area contributed by atoms with Crippen molar-refractivity contribution in [2.45, 2.75) is 70.5 Å². The normalized spacial score (nSPS) is 14.9. The van der Waals surface area contributed by atoms with Gasteiger partial charge in [0.25, 0.3) is 0 Å². The molecule has 2 aromatic rings. The lowest BCUT2D eigenvalue weighted by Gasteiger charge is -2.21. The van der Waals surface area contributed by atoms with E-state index in [1.54, 1.807) is 7.11 Å². The second kappa shape index (κ2) is 9.45. The highest BCUT2D eigenvalue weighted by Gasteiger charge is 2.23. The molecule has 0 saturated heterocycles. The van der Waals surface area contributed by atoms with Crippen LogP contribution < -0.4 is 10.1 Å². The summed E-state index contributed by atoms with van der Waals surface area (Å²) in [6.45, 7) is 6.89. The summed E-state index contributed by atoms with van der Waals surface area (Å²) in [6.07, 6.45) is 6.25. The number of methoxy groups -OCH3 is 1. The Kier molecular flexibility index (Phi) is 6.99. The summed E-state index contributed by atoms with van der Waals surface area (Å²) < 4.78 is 7.51. The molecule has 1 aliphatic rings. The van der Waals surface area contributed by atoms with Crippen LogP contribution in [0.1, 0.15) is 61.9 Å². The van der Waals surface area contributed by atoms with E-state index >= 15 is 0 Å². The molecule has 28 heavy (non-hydrogen) atoms. The van der Waals surface area contributed by atoms with Gasteiger partial charge in [-0.2, -0.15) is 0 Å². The Morgan fingerprint density at radius 1 is 1.21 bits per heavy atom. The number of hydrogen-bond donors (Lipinski definition) is 1. The van der Waals surface area contributed by atoms with Gasteiger partial charge in [-0.1, -0.05) is 31.0 Å². The molecule has 0 unspecified atom stereocenters. The Morgan fingerprint density at radius 3 is 2.64 bits per heavy atom. The fourth-order valence-corrected chi connectivity index (χ4v) is 4.64. The molecule has 1 amide bonds. The summed E-state index contributed by atoms with van der Waals surface area (Å²) in [5, 5.41) is 12.7. The fraction of sp³-hybridized carbons (Fsp3) is 0.571. The van der Waals surface area contributed by atoms with E-state index in [0.29, 0.717) is 11.7 Å². The van der Waals surface area contributed by atoms with Gasteiger partial charge in [-0.3, -0.25) is 4.79 Å². The summed E-state index contributed by atoms with van der Waals surface area (Å²) in [4.78, 5) is 12.5. The third-order valence-corrected chi connectivity index (χ3v) is 6.35. The first-order valence-corrected chi connectivity index (χ1v) is 11.0. The molecule has 0 bridgehead atoms. The zero-order chi connectivity index (χ0) is 20.1. The van der Waals surface area contributed by atoms with Crippen LogP contribution in [0.15, 0.2) is 17.3 Å². The number of nitrogens with zero attached hydrogens (tertiary/aromatic N) is 3. The maximum atomic E-state index is 12.5. The molecule has 6 nitrogen and oxygen atoms in total. The van der Waals surface area contributed by atoms with Crippen LogP contribution >= 0.6 is 11.8 Å². The largest absolute Gasteiger partial charge is 0.496 e. The van der Waals surface area contributed by atoms with Crippen molar-refractivity contribution >= 4 is 23.4 Å². The molecular weight excluding hydrogens is 372 g/mol. The Labute approximate surface area is 171 Å². The molecule has 0 spiro atoms. The number of thioether (sulfide) groups is 1. The minimum atomic E-state index is -0.0393. The smallest absolute Gasteiger partial charge is 0.234 e. The van der Waals surface area contributed by atoms with Gasteiger partial charge in [0.2, 0.25) is 5.91 Å². The number of aromatic nitrogens is 3. The number of anilines is 1. The fourth-order valence-electron chi connectivity index (χ4n) is 3.83. The summed E-state index contributed by atoms with van der Waals surface area (Å²) in [6, 6.07) is 3.90. The van der Waals surface area contributed by atoms with Crippen molar-refractivity contribution in [3.63, 3.8) is 0 Å². The van der Waals surface area contributed by atoms with E-state index in [2.05, 4.69) is 27.0 Å². The summed E-state index contributed by atoms with van der Waals surface area (Å²) in [5.41, 5.74) is 2.81. The number of carbonyl (C=O) groups is 1. The van der Waals surface area contributed by atoms with Gasteiger partial charge in [0.1, 0.15) is 11.6 Å². The number of nitrogens with one attached hydrogen (secondary N) is 1. The second-order valence-electron chi connectivity index (χ2n) is 7.39. The van der Waals surface area contributed by atoms with Gasteiger partial charge in [-0.15, -0.1) is 10.2 Å². The first-order valence-electron chi connectivity index (χ1n) is 10.0. The monoisotopic (exact) mass is 402 g/mol. The Bertz CT molecular complexity index is 828. The van der Waals surface area contributed by atoms with Crippen molar-refractivity contribution in [3.8, 4) is 5.75 Å². The van der Waals surface area contributed by atoms with Crippen molar-refractivity contribution in [1.82, 2.24) is 14.8 Å². The lowest BCUT2D eigenvalue weighted by molar-refractivity contribution is -0.113. The highest BCUT2D eigenvalue weighted by Crippen LogP contribution is 2.33. The maximum Gasteiger partial charge on any atom is 0.234 e. The van der Waals surface area contributed by atoms with Crippen molar-refractivity contribution in [2.24, 2.45) is 0 Å². The van der Waals surface area contributed by atoms with Crippen molar-refractivity contribution in [2.75, 3.05) is 18.2 Å². The van der Waals surface area contributed by atoms with Crippen LogP contribution in [0.2, 0.25) is 0 Å². The number of hydrogen-bond acceptors (Lipinski definition) is 5. The Balaban J connectivity index is 1.63. The van der Waals surface area contributed by atoms with Gasteiger partial charge in [0.05, 0.1) is 12.9 Å². The van der Waals surface area contributed by atoms with Crippen molar-refractivity contribution in [3.05, 3.63) is 29.1 Å². The molecule has 0 radical (unpaired) electrons. The van der Waals surface area contributed by atoms with E-state index in [0.717, 1.165) is 40.1 Å². The Morgan fingerprint density at radius 2 is 1.96 bits per heavy atom. The van der Waals surface area contributed by atoms with Crippen LogP contribution in [0.3, 0.4) is 0 Å².